The molecule has 2 N–H and O–H groups in total. The maximum absolute atomic E-state index is 11.1. The highest BCUT2D eigenvalue weighted by molar-refractivity contribution is 5.85. The van der Waals surface area contributed by atoms with Crippen LogP contribution in [0.5, 0.6) is 0 Å². The molecule has 0 fully saturated rings. The highest BCUT2D eigenvalue weighted by atomic mass is 16.4. The summed E-state index contributed by atoms with van der Waals surface area (Å²) in [6, 6.07) is 9.38. The molecule has 0 unspecified atom stereocenters. The third kappa shape index (κ3) is 2.44. The van der Waals surface area contributed by atoms with Gasteiger partial charge in [0.25, 0.3) is 0 Å². The van der Waals surface area contributed by atoms with Crippen molar-refractivity contribution >= 4 is 11.9 Å². The zero-order valence-corrected chi connectivity index (χ0v) is 12.2. The van der Waals surface area contributed by atoms with Gasteiger partial charge in [0.15, 0.2) is 0 Å². The fourth-order valence-corrected chi connectivity index (χ4v) is 2.32. The standard InChI is InChI=1S/C15H15N5O2/c1-10-13(11-8-16-19(2)9-11)18-20(14(10)17-15(21)22)12-6-4-3-5-7-12/h3-9,17H,1-2H3,(H,21,22). The van der Waals surface area contributed by atoms with Crippen LogP contribution in [0.25, 0.3) is 16.9 Å². The lowest BCUT2D eigenvalue weighted by Gasteiger charge is -2.07. The largest absolute Gasteiger partial charge is 0.465 e. The van der Waals surface area contributed by atoms with Gasteiger partial charge in [0.05, 0.1) is 11.9 Å². The van der Waals surface area contributed by atoms with E-state index >= 15 is 0 Å². The molecule has 0 aliphatic carbocycles. The van der Waals surface area contributed by atoms with Gasteiger partial charge in [0.2, 0.25) is 0 Å². The number of hydrogen-bond donors (Lipinski definition) is 2. The summed E-state index contributed by atoms with van der Waals surface area (Å²) in [6.07, 6.45) is 2.42. The van der Waals surface area contributed by atoms with E-state index in [9.17, 15) is 4.79 Å². The molecule has 0 saturated heterocycles. The molecule has 22 heavy (non-hydrogen) atoms. The van der Waals surface area contributed by atoms with Gasteiger partial charge in [-0.3, -0.25) is 10.00 Å². The van der Waals surface area contributed by atoms with E-state index < -0.39 is 6.09 Å². The number of benzene rings is 1. The van der Waals surface area contributed by atoms with Gasteiger partial charge in [0.1, 0.15) is 11.5 Å². The van der Waals surface area contributed by atoms with Crippen molar-refractivity contribution in [2.45, 2.75) is 6.92 Å². The number of carboxylic acid groups (broad SMARTS) is 1. The van der Waals surface area contributed by atoms with E-state index in [0.717, 1.165) is 16.8 Å². The van der Waals surface area contributed by atoms with Gasteiger partial charge in [-0.1, -0.05) is 18.2 Å². The topological polar surface area (TPSA) is 85.0 Å². The summed E-state index contributed by atoms with van der Waals surface area (Å²) in [5.74, 6) is 0.428. The Bertz CT molecular complexity index is 820. The average Bonchev–Trinajstić information content (AvgIpc) is 3.05. The van der Waals surface area contributed by atoms with Crippen LogP contribution in [0.2, 0.25) is 0 Å². The molecule has 0 aliphatic rings. The first-order valence-electron chi connectivity index (χ1n) is 6.70. The van der Waals surface area contributed by atoms with Crippen molar-refractivity contribution in [1.82, 2.24) is 19.6 Å². The first-order chi connectivity index (χ1) is 10.6. The first kappa shape index (κ1) is 13.9. The van der Waals surface area contributed by atoms with Gasteiger partial charge >= 0.3 is 6.09 Å². The molecule has 3 rings (SSSR count). The summed E-state index contributed by atoms with van der Waals surface area (Å²) >= 11 is 0. The summed E-state index contributed by atoms with van der Waals surface area (Å²) in [7, 11) is 1.82. The first-order valence-corrected chi connectivity index (χ1v) is 6.70. The number of hydrogen-bond acceptors (Lipinski definition) is 3. The van der Waals surface area contributed by atoms with Crippen molar-refractivity contribution in [3.8, 4) is 16.9 Å². The van der Waals surface area contributed by atoms with Crippen LogP contribution in [0, 0.1) is 6.92 Å². The van der Waals surface area contributed by atoms with E-state index in [0.29, 0.717) is 11.5 Å². The van der Waals surface area contributed by atoms with Crippen molar-refractivity contribution in [1.29, 1.82) is 0 Å². The number of rotatable bonds is 3. The molecule has 3 aromatic rings. The monoisotopic (exact) mass is 297 g/mol. The Labute approximate surface area is 126 Å². The molecule has 0 atom stereocenters. The maximum atomic E-state index is 11.1. The van der Waals surface area contributed by atoms with Gasteiger partial charge in [0, 0.05) is 24.4 Å². The van der Waals surface area contributed by atoms with Crippen molar-refractivity contribution in [3.05, 3.63) is 48.3 Å². The number of amides is 1. The summed E-state index contributed by atoms with van der Waals surface area (Å²) in [4.78, 5) is 11.1. The van der Waals surface area contributed by atoms with Gasteiger partial charge in [-0.25, -0.2) is 9.48 Å². The molecular weight excluding hydrogens is 282 g/mol. The van der Waals surface area contributed by atoms with Crippen molar-refractivity contribution in [2.75, 3.05) is 5.32 Å². The summed E-state index contributed by atoms with van der Waals surface area (Å²) in [5, 5.41) is 20.2. The quantitative estimate of drug-likeness (QED) is 0.778. The second-order valence-electron chi connectivity index (χ2n) is 4.90. The van der Waals surface area contributed by atoms with Crippen LogP contribution >= 0.6 is 0 Å². The molecule has 2 heterocycles. The highest BCUT2D eigenvalue weighted by Crippen LogP contribution is 2.30. The molecule has 1 amide bonds. The minimum atomic E-state index is -1.13. The van der Waals surface area contributed by atoms with Crippen LogP contribution in [0.15, 0.2) is 42.7 Å². The molecule has 112 valence electrons. The number of anilines is 1. The summed E-state index contributed by atoms with van der Waals surface area (Å²) in [5.41, 5.74) is 3.06. The lowest BCUT2D eigenvalue weighted by molar-refractivity contribution is 0.209. The fraction of sp³-hybridized carbons (Fsp3) is 0.133. The van der Waals surface area contributed by atoms with E-state index in [1.165, 1.54) is 0 Å². The zero-order valence-electron chi connectivity index (χ0n) is 12.2. The van der Waals surface area contributed by atoms with E-state index in [4.69, 9.17) is 5.11 Å². The molecule has 0 radical (unpaired) electrons. The van der Waals surface area contributed by atoms with Crippen molar-refractivity contribution in [3.63, 3.8) is 0 Å². The van der Waals surface area contributed by atoms with Crippen LogP contribution in [0.4, 0.5) is 10.6 Å². The lowest BCUT2D eigenvalue weighted by atomic mass is 10.1. The zero-order chi connectivity index (χ0) is 15.7. The molecule has 0 aliphatic heterocycles. The maximum Gasteiger partial charge on any atom is 0.410 e. The number of carbonyl (C=O) groups is 1. The van der Waals surface area contributed by atoms with Crippen molar-refractivity contribution < 1.29 is 9.90 Å². The molecule has 1 aromatic carbocycles. The minimum absolute atomic E-state index is 0.428. The number of aryl methyl sites for hydroxylation is 1. The Balaban J connectivity index is 2.18. The van der Waals surface area contributed by atoms with E-state index in [2.05, 4.69) is 15.5 Å². The van der Waals surface area contributed by atoms with Gasteiger partial charge < -0.3 is 5.11 Å². The second-order valence-corrected chi connectivity index (χ2v) is 4.90. The molecular formula is C15H15N5O2. The second kappa shape index (κ2) is 5.36. The number of para-hydroxylation sites is 1. The molecule has 0 spiro atoms. The number of aromatic nitrogens is 4. The average molecular weight is 297 g/mol. The Morgan fingerprint density at radius 3 is 2.59 bits per heavy atom. The van der Waals surface area contributed by atoms with Crippen LogP contribution < -0.4 is 5.32 Å². The predicted molar refractivity (Wildman–Crippen MR) is 82.2 cm³/mol. The van der Waals surface area contributed by atoms with Gasteiger partial charge in [-0.2, -0.15) is 10.2 Å². The van der Waals surface area contributed by atoms with E-state index in [1.807, 2.05) is 50.5 Å². The van der Waals surface area contributed by atoms with Gasteiger partial charge in [-0.15, -0.1) is 0 Å². The third-order valence-electron chi connectivity index (χ3n) is 3.33. The van der Waals surface area contributed by atoms with Crippen molar-refractivity contribution in [2.24, 2.45) is 7.05 Å². The normalized spacial score (nSPS) is 10.6. The molecule has 0 saturated carbocycles. The van der Waals surface area contributed by atoms with Gasteiger partial charge in [-0.05, 0) is 19.1 Å². The summed E-state index contributed by atoms with van der Waals surface area (Å²) in [6.45, 7) is 1.83. The van der Waals surface area contributed by atoms with Crippen LogP contribution in [-0.4, -0.2) is 30.8 Å². The lowest BCUT2D eigenvalue weighted by Crippen LogP contribution is -2.12. The van der Waals surface area contributed by atoms with Crippen LogP contribution in [0.1, 0.15) is 5.56 Å². The smallest absolute Gasteiger partial charge is 0.410 e. The summed E-state index contributed by atoms with van der Waals surface area (Å²) < 4.78 is 3.27. The fourth-order valence-electron chi connectivity index (χ4n) is 2.32. The Kier molecular flexibility index (Phi) is 3.38. The Morgan fingerprint density at radius 1 is 1.27 bits per heavy atom. The van der Waals surface area contributed by atoms with Crippen LogP contribution in [0.3, 0.4) is 0 Å². The van der Waals surface area contributed by atoms with E-state index in [1.54, 1.807) is 15.6 Å². The number of nitrogens with one attached hydrogen (secondary N) is 1. The molecule has 7 heteroatoms. The SMILES string of the molecule is Cc1c(-c2cnn(C)c2)nn(-c2ccccc2)c1NC(=O)O. The van der Waals surface area contributed by atoms with Crippen LogP contribution in [-0.2, 0) is 7.05 Å². The highest BCUT2D eigenvalue weighted by Gasteiger charge is 2.19. The predicted octanol–water partition coefficient (Wildman–Crippen LogP) is 2.67. The molecule has 7 nitrogen and oxygen atoms in total. The number of nitrogens with zero attached hydrogens (tertiary/aromatic N) is 4. The Hall–Kier alpha value is -3.09. The Morgan fingerprint density at radius 2 is 2.00 bits per heavy atom. The molecule has 0 bridgehead atoms. The van der Waals surface area contributed by atoms with E-state index in [-0.39, 0.29) is 0 Å². The third-order valence-corrected chi connectivity index (χ3v) is 3.33. The minimum Gasteiger partial charge on any atom is -0.465 e. The molecule has 2 aromatic heterocycles.